The van der Waals surface area contributed by atoms with Crippen molar-refractivity contribution in [2.45, 2.75) is 6.61 Å². The molecule has 2 aromatic carbocycles. The molecule has 4 aromatic rings. The van der Waals surface area contributed by atoms with E-state index in [1.807, 2.05) is 24.3 Å². The maximum atomic E-state index is 13.1. The Kier molecular flexibility index (Phi) is 6.28. The summed E-state index contributed by atoms with van der Waals surface area (Å²) in [5, 5.41) is 14.0. The minimum atomic E-state index is -1.05. The summed E-state index contributed by atoms with van der Waals surface area (Å²) in [7, 11) is 0. The fourth-order valence-electron chi connectivity index (χ4n) is 3.00. The highest BCUT2D eigenvalue weighted by molar-refractivity contribution is 6.30. The molecule has 0 aliphatic heterocycles. The van der Waals surface area contributed by atoms with Gasteiger partial charge >= 0.3 is 5.97 Å². The largest absolute Gasteiger partial charge is 0.478 e. The lowest BCUT2D eigenvalue weighted by Crippen LogP contribution is -2.07. The third-order valence-corrected chi connectivity index (χ3v) is 4.86. The lowest BCUT2D eigenvalue weighted by atomic mass is 10.1. The van der Waals surface area contributed by atoms with Crippen LogP contribution < -0.4 is 4.74 Å². The standard InChI is InChI=1S/C24H17ClFN3O3/c25-20-6-5-19(17(13-20)4-1-16-2-7-21(26)8-3-16)15-32-23-10-12-28-29(23)22-14-18(24(30)31)9-11-27-22/h1-14H,15H2,(H,30,31). The van der Waals surface area contributed by atoms with Gasteiger partial charge in [-0.1, -0.05) is 42.0 Å². The number of benzene rings is 2. The fraction of sp³-hybridized carbons (Fsp3) is 0.0417. The van der Waals surface area contributed by atoms with Gasteiger partial charge in [-0.25, -0.2) is 14.2 Å². The summed E-state index contributed by atoms with van der Waals surface area (Å²) in [6.07, 6.45) is 6.69. The molecule has 0 spiro atoms. The molecule has 0 bridgehead atoms. The molecule has 160 valence electrons. The number of nitrogens with zero attached hydrogens (tertiary/aromatic N) is 3. The Bertz CT molecular complexity index is 1290. The first-order valence-corrected chi connectivity index (χ1v) is 9.96. The molecule has 6 nitrogen and oxygen atoms in total. The Morgan fingerprint density at radius 1 is 1.06 bits per heavy atom. The van der Waals surface area contributed by atoms with Gasteiger partial charge in [-0.15, -0.1) is 0 Å². The number of halogens is 2. The zero-order valence-corrected chi connectivity index (χ0v) is 17.4. The first kappa shape index (κ1) is 21.3. The topological polar surface area (TPSA) is 77.2 Å². The highest BCUT2D eigenvalue weighted by Gasteiger charge is 2.11. The zero-order valence-electron chi connectivity index (χ0n) is 16.7. The van der Waals surface area contributed by atoms with Gasteiger partial charge in [0.1, 0.15) is 12.4 Å². The van der Waals surface area contributed by atoms with Gasteiger partial charge in [0.05, 0.1) is 11.8 Å². The number of carboxylic acids is 1. The maximum Gasteiger partial charge on any atom is 0.335 e. The van der Waals surface area contributed by atoms with E-state index in [1.165, 1.54) is 35.1 Å². The van der Waals surface area contributed by atoms with Crippen molar-refractivity contribution in [2.75, 3.05) is 0 Å². The van der Waals surface area contributed by atoms with E-state index in [0.29, 0.717) is 16.7 Å². The monoisotopic (exact) mass is 449 g/mol. The summed E-state index contributed by atoms with van der Waals surface area (Å²) in [6.45, 7) is 0.213. The van der Waals surface area contributed by atoms with Crippen molar-refractivity contribution in [3.63, 3.8) is 0 Å². The molecule has 32 heavy (non-hydrogen) atoms. The van der Waals surface area contributed by atoms with Crippen LogP contribution in [0.1, 0.15) is 27.0 Å². The van der Waals surface area contributed by atoms with E-state index >= 15 is 0 Å². The predicted octanol–water partition coefficient (Wildman–Crippen LogP) is 5.51. The molecule has 0 radical (unpaired) electrons. The summed E-state index contributed by atoms with van der Waals surface area (Å²) < 4.78 is 20.5. The average Bonchev–Trinajstić information content (AvgIpc) is 3.27. The van der Waals surface area contributed by atoms with Crippen LogP contribution in [-0.4, -0.2) is 25.8 Å². The zero-order chi connectivity index (χ0) is 22.5. The van der Waals surface area contributed by atoms with Crippen LogP contribution in [0.3, 0.4) is 0 Å². The number of carboxylic acid groups (broad SMARTS) is 1. The number of aromatic nitrogens is 3. The normalized spacial score (nSPS) is 11.1. The van der Waals surface area contributed by atoms with Crippen LogP contribution in [0.2, 0.25) is 5.02 Å². The Morgan fingerprint density at radius 2 is 1.88 bits per heavy atom. The van der Waals surface area contributed by atoms with Gasteiger partial charge < -0.3 is 9.84 Å². The summed E-state index contributed by atoms with van der Waals surface area (Å²) in [4.78, 5) is 15.4. The second kappa shape index (κ2) is 9.45. The Hall–Kier alpha value is -3.97. The van der Waals surface area contributed by atoms with E-state index in [1.54, 1.807) is 30.5 Å². The van der Waals surface area contributed by atoms with E-state index in [9.17, 15) is 14.3 Å². The Balaban J connectivity index is 1.55. The molecular weight excluding hydrogens is 433 g/mol. The highest BCUT2D eigenvalue weighted by atomic mass is 35.5. The minimum absolute atomic E-state index is 0.0994. The number of rotatable bonds is 7. The average molecular weight is 450 g/mol. The summed E-state index contributed by atoms with van der Waals surface area (Å²) >= 11 is 6.17. The quantitative estimate of drug-likeness (QED) is 0.376. The Morgan fingerprint density at radius 3 is 2.66 bits per heavy atom. The highest BCUT2D eigenvalue weighted by Crippen LogP contribution is 2.22. The van der Waals surface area contributed by atoms with E-state index < -0.39 is 5.97 Å². The first-order valence-electron chi connectivity index (χ1n) is 9.58. The van der Waals surface area contributed by atoms with Crippen LogP contribution in [0.25, 0.3) is 18.0 Å². The van der Waals surface area contributed by atoms with Gasteiger partial charge in [0.2, 0.25) is 5.88 Å². The summed E-state index contributed by atoms with van der Waals surface area (Å²) in [5.74, 6) is -0.609. The van der Waals surface area contributed by atoms with Crippen molar-refractivity contribution < 1.29 is 19.0 Å². The third-order valence-electron chi connectivity index (χ3n) is 4.63. The molecule has 8 heteroatoms. The van der Waals surface area contributed by atoms with Crippen LogP contribution in [0.15, 0.2) is 73.1 Å². The molecule has 0 unspecified atom stereocenters. The van der Waals surface area contributed by atoms with Crippen LogP contribution >= 0.6 is 11.6 Å². The van der Waals surface area contributed by atoms with Crippen LogP contribution in [0.4, 0.5) is 4.39 Å². The summed E-state index contributed by atoms with van der Waals surface area (Å²) in [5.41, 5.74) is 2.66. The molecule has 0 saturated carbocycles. The Labute approximate surface area is 188 Å². The SMILES string of the molecule is O=C(O)c1ccnc(-n2nccc2OCc2ccc(Cl)cc2C=Cc2ccc(F)cc2)c1. The molecule has 0 saturated heterocycles. The van der Waals surface area contributed by atoms with Gasteiger partial charge in [-0.2, -0.15) is 9.78 Å². The van der Waals surface area contributed by atoms with Crippen molar-refractivity contribution in [1.82, 2.24) is 14.8 Å². The number of hydrogen-bond acceptors (Lipinski definition) is 4. The number of carbonyl (C=O) groups is 1. The molecule has 4 rings (SSSR count). The van der Waals surface area contributed by atoms with E-state index in [-0.39, 0.29) is 18.0 Å². The lowest BCUT2D eigenvalue weighted by Gasteiger charge is -2.11. The third kappa shape index (κ3) is 5.01. The molecule has 0 aliphatic rings. The number of aromatic carboxylic acids is 1. The molecule has 1 N–H and O–H groups in total. The molecule has 2 heterocycles. The van der Waals surface area contributed by atoms with Crippen molar-refractivity contribution in [2.24, 2.45) is 0 Å². The van der Waals surface area contributed by atoms with E-state index in [4.69, 9.17) is 16.3 Å². The molecule has 2 aromatic heterocycles. The minimum Gasteiger partial charge on any atom is -0.478 e. The smallest absolute Gasteiger partial charge is 0.335 e. The van der Waals surface area contributed by atoms with Gasteiger partial charge in [-0.05, 0) is 53.1 Å². The van der Waals surface area contributed by atoms with Gasteiger partial charge in [0.15, 0.2) is 5.82 Å². The van der Waals surface area contributed by atoms with E-state index in [2.05, 4.69) is 10.1 Å². The van der Waals surface area contributed by atoms with Crippen molar-refractivity contribution in [3.05, 3.63) is 106 Å². The number of hydrogen-bond donors (Lipinski definition) is 1. The van der Waals surface area contributed by atoms with E-state index in [0.717, 1.165) is 16.7 Å². The van der Waals surface area contributed by atoms with Crippen molar-refractivity contribution in [1.29, 1.82) is 0 Å². The van der Waals surface area contributed by atoms with Crippen molar-refractivity contribution >= 4 is 29.7 Å². The molecule has 0 atom stereocenters. The second-order valence-electron chi connectivity index (χ2n) is 6.81. The fourth-order valence-corrected chi connectivity index (χ4v) is 3.18. The number of pyridine rings is 1. The van der Waals surface area contributed by atoms with Gasteiger partial charge in [-0.3, -0.25) is 0 Å². The first-order chi connectivity index (χ1) is 15.5. The molecule has 0 fully saturated rings. The molecular formula is C24H17ClFN3O3. The molecule has 0 aliphatic carbocycles. The van der Waals surface area contributed by atoms with Crippen molar-refractivity contribution in [3.8, 4) is 11.7 Å². The van der Waals surface area contributed by atoms with Gasteiger partial charge in [0, 0.05) is 17.3 Å². The lowest BCUT2D eigenvalue weighted by molar-refractivity contribution is 0.0696. The molecule has 0 amide bonds. The van der Waals surface area contributed by atoms with Crippen LogP contribution in [0.5, 0.6) is 5.88 Å². The van der Waals surface area contributed by atoms with Crippen LogP contribution in [-0.2, 0) is 6.61 Å². The van der Waals surface area contributed by atoms with Crippen LogP contribution in [0, 0.1) is 5.82 Å². The predicted molar refractivity (Wildman–Crippen MR) is 119 cm³/mol. The maximum absolute atomic E-state index is 13.1. The number of ether oxygens (including phenoxy) is 1. The second-order valence-corrected chi connectivity index (χ2v) is 7.24. The summed E-state index contributed by atoms with van der Waals surface area (Å²) in [6, 6.07) is 16.1. The van der Waals surface area contributed by atoms with Gasteiger partial charge in [0.25, 0.3) is 0 Å².